The van der Waals surface area contributed by atoms with Gasteiger partial charge in [0.15, 0.2) is 6.10 Å². The van der Waals surface area contributed by atoms with Gasteiger partial charge in [-0.2, -0.15) is 0 Å². The Kier molecular flexibility index (Phi) is 4.15. The predicted molar refractivity (Wildman–Crippen MR) is 61.5 cm³/mol. The van der Waals surface area contributed by atoms with E-state index in [2.05, 4.69) is 6.07 Å². The normalized spacial score (nSPS) is 12.3. The summed E-state index contributed by atoms with van der Waals surface area (Å²) >= 11 is 5.41. The number of hydrogen-bond acceptors (Lipinski definition) is 2. The molecule has 1 aromatic rings. The van der Waals surface area contributed by atoms with Crippen LogP contribution in [0.25, 0.3) is 0 Å². The van der Waals surface area contributed by atoms with E-state index < -0.39 is 11.3 Å². The molecule has 1 aromatic carbocycles. The molecule has 1 atom stereocenters. The number of carbonyl (C=O) groups excluding carboxylic acids is 1. The van der Waals surface area contributed by atoms with E-state index in [-0.39, 0.29) is 0 Å². The molecule has 0 saturated heterocycles. The van der Waals surface area contributed by atoms with Crippen LogP contribution >= 0.6 is 11.6 Å². The first kappa shape index (κ1) is 12.1. The zero-order valence-electron chi connectivity index (χ0n) is 9.21. The minimum Gasteiger partial charge on any atom is -0.481 e. The number of benzene rings is 1. The highest BCUT2D eigenvalue weighted by atomic mass is 35.5. The van der Waals surface area contributed by atoms with Crippen molar-refractivity contribution in [3.63, 3.8) is 0 Å². The fourth-order valence-corrected chi connectivity index (χ4v) is 1.65. The van der Waals surface area contributed by atoms with Crippen molar-refractivity contribution in [2.45, 2.75) is 33.3 Å². The highest BCUT2D eigenvalue weighted by Gasteiger charge is 2.15. The van der Waals surface area contributed by atoms with Crippen molar-refractivity contribution < 1.29 is 9.53 Å². The molecule has 3 heteroatoms. The summed E-state index contributed by atoms with van der Waals surface area (Å²) in [5, 5.41) is -0.448. The van der Waals surface area contributed by atoms with Crippen molar-refractivity contribution in [2.75, 3.05) is 0 Å². The van der Waals surface area contributed by atoms with E-state index >= 15 is 0 Å². The second-order valence-electron chi connectivity index (χ2n) is 3.64. The lowest BCUT2D eigenvalue weighted by molar-refractivity contribution is -0.117. The van der Waals surface area contributed by atoms with E-state index in [0.29, 0.717) is 12.2 Å². The molecule has 0 aromatic heterocycles. The summed E-state index contributed by atoms with van der Waals surface area (Å²) in [5.74, 6) is 0.702. The number of carbonyl (C=O) groups is 1. The second kappa shape index (κ2) is 5.17. The molecule has 2 nitrogen and oxygen atoms in total. The van der Waals surface area contributed by atoms with Crippen LogP contribution in [0.2, 0.25) is 0 Å². The minimum absolute atomic E-state index is 0.448. The average Bonchev–Trinajstić information content (AvgIpc) is 2.12. The zero-order chi connectivity index (χ0) is 11.4. The van der Waals surface area contributed by atoms with Gasteiger partial charge in [-0.05, 0) is 55.1 Å². The monoisotopic (exact) mass is 226 g/mol. The van der Waals surface area contributed by atoms with Gasteiger partial charge < -0.3 is 4.74 Å². The lowest BCUT2D eigenvalue weighted by atomic mass is 10.1. The van der Waals surface area contributed by atoms with Crippen LogP contribution in [0.4, 0.5) is 0 Å². The van der Waals surface area contributed by atoms with Gasteiger partial charge in [0.2, 0.25) is 0 Å². The van der Waals surface area contributed by atoms with E-state index in [0.717, 1.165) is 11.1 Å². The van der Waals surface area contributed by atoms with Gasteiger partial charge in [0.1, 0.15) is 5.75 Å². The molecule has 0 unspecified atom stereocenters. The summed E-state index contributed by atoms with van der Waals surface area (Å²) in [5.41, 5.74) is 2.23. The Morgan fingerprint density at radius 1 is 1.33 bits per heavy atom. The predicted octanol–water partition coefficient (Wildman–Crippen LogP) is 3.23. The maximum atomic E-state index is 11.0. The number of hydrogen-bond donors (Lipinski definition) is 0. The maximum Gasteiger partial charge on any atom is 0.262 e. The first-order chi connectivity index (χ1) is 7.02. The van der Waals surface area contributed by atoms with Gasteiger partial charge in [0, 0.05) is 0 Å². The van der Waals surface area contributed by atoms with Crippen LogP contribution in [-0.4, -0.2) is 11.3 Å². The van der Waals surface area contributed by atoms with Gasteiger partial charge in [0.05, 0.1) is 0 Å². The fourth-order valence-electron chi connectivity index (χ4n) is 1.46. The molecule has 0 saturated carbocycles. The number of aryl methyl sites for hydroxylation is 2. The zero-order valence-corrected chi connectivity index (χ0v) is 9.97. The van der Waals surface area contributed by atoms with E-state index in [1.54, 1.807) is 0 Å². The molecule has 0 bridgehead atoms. The summed E-state index contributed by atoms with van der Waals surface area (Å²) in [6, 6.07) is 5.85. The SMILES string of the molecule is CC[C@H](Oc1cc(C)cc(C)c1)C(=O)Cl. The Morgan fingerprint density at radius 2 is 1.87 bits per heavy atom. The molecule has 82 valence electrons. The van der Waals surface area contributed by atoms with E-state index in [4.69, 9.17) is 16.3 Å². The third-order valence-corrected chi connectivity index (χ3v) is 2.34. The van der Waals surface area contributed by atoms with Crippen molar-refractivity contribution >= 4 is 16.8 Å². The van der Waals surface area contributed by atoms with Crippen LogP contribution in [0.5, 0.6) is 5.75 Å². The highest BCUT2D eigenvalue weighted by molar-refractivity contribution is 6.64. The van der Waals surface area contributed by atoms with Crippen LogP contribution < -0.4 is 4.74 Å². The Labute approximate surface area is 95.2 Å². The van der Waals surface area contributed by atoms with Crippen molar-refractivity contribution in [3.8, 4) is 5.75 Å². The molecular weight excluding hydrogens is 212 g/mol. The second-order valence-corrected chi connectivity index (χ2v) is 4.01. The van der Waals surface area contributed by atoms with Crippen molar-refractivity contribution in [1.82, 2.24) is 0 Å². The molecule has 0 aliphatic carbocycles. The van der Waals surface area contributed by atoms with Gasteiger partial charge in [-0.3, -0.25) is 4.79 Å². The Morgan fingerprint density at radius 3 is 2.27 bits per heavy atom. The van der Waals surface area contributed by atoms with Crippen molar-refractivity contribution in [3.05, 3.63) is 29.3 Å². The number of rotatable bonds is 4. The molecule has 0 radical (unpaired) electrons. The minimum atomic E-state index is -0.548. The molecule has 0 fully saturated rings. The summed E-state index contributed by atoms with van der Waals surface area (Å²) < 4.78 is 5.51. The first-order valence-electron chi connectivity index (χ1n) is 4.97. The summed E-state index contributed by atoms with van der Waals surface area (Å²) in [6.45, 7) is 5.85. The van der Waals surface area contributed by atoms with Crippen LogP contribution in [0.15, 0.2) is 18.2 Å². The molecular formula is C12H15ClO2. The molecule has 1 rings (SSSR count). The maximum absolute atomic E-state index is 11.0. The largest absolute Gasteiger partial charge is 0.481 e. The third-order valence-electron chi connectivity index (χ3n) is 2.10. The average molecular weight is 227 g/mol. The summed E-state index contributed by atoms with van der Waals surface area (Å²) in [6.07, 6.45) is 0.0304. The quantitative estimate of drug-likeness (QED) is 0.737. The number of halogens is 1. The first-order valence-corrected chi connectivity index (χ1v) is 5.35. The number of ether oxygens (including phenoxy) is 1. The standard InChI is InChI=1S/C12H15ClO2/c1-4-11(12(13)14)15-10-6-8(2)5-9(3)7-10/h5-7,11H,4H2,1-3H3/t11-/m0/s1. The Hall–Kier alpha value is -1.02. The molecule has 0 aliphatic heterocycles. The highest BCUT2D eigenvalue weighted by Crippen LogP contribution is 2.19. The third kappa shape index (κ3) is 3.56. The molecule has 15 heavy (non-hydrogen) atoms. The van der Waals surface area contributed by atoms with Gasteiger partial charge >= 0.3 is 0 Å². The molecule has 0 spiro atoms. The van der Waals surface area contributed by atoms with Crippen LogP contribution in [0.3, 0.4) is 0 Å². The van der Waals surface area contributed by atoms with Gasteiger partial charge in [0.25, 0.3) is 5.24 Å². The van der Waals surface area contributed by atoms with E-state index in [1.165, 1.54) is 0 Å². The summed E-state index contributed by atoms with van der Waals surface area (Å²) in [7, 11) is 0. The van der Waals surface area contributed by atoms with Crippen molar-refractivity contribution in [1.29, 1.82) is 0 Å². The van der Waals surface area contributed by atoms with Crippen molar-refractivity contribution in [2.24, 2.45) is 0 Å². The Balaban J connectivity index is 2.83. The molecule has 0 N–H and O–H groups in total. The van der Waals surface area contributed by atoms with Gasteiger partial charge in [-0.15, -0.1) is 0 Å². The molecule has 0 amide bonds. The Bertz CT molecular complexity index is 340. The van der Waals surface area contributed by atoms with Crippen LogP contribution in [0.1, 0.15) is 24.5 Å². The lowest BCUT2D eigenvalue weighted by Crippen LogP contribution is -2.22. The van der Waals surface area contributed by atoms with Crippen LogP contribution in [0, 0.1) is 13.8 Å². The smallest absolute Gasteiger partial charge is 0.262 e. The van der Waals surface area contributed by atoms with Gasteiger partial charge in [-0.1, -0.05) is 13.0 Å². The van der Waals surface area contributed by atoms with E-state index in [9.17, 15) is 4.79 Å². The summed E-state index contributed by atoms with van der Waals surface area (Å²) in [4.78, 5) is 11.0. The molecule has 0 heterocycles. The van der Waals surface area contributed by atoms with Gasteiger partial charge in [-0.25, -0.2) is 0 Å². The topological polar surface area (TPSA) is 26.3 Å². The fraction of sp³-hybridized carbons (Fsp3) is 0.417. The van der Waals surface area contributed by atoms with E-state index in [1.807, 2.05) is 32.9 Å². The lowest BCUT2D eigenvalue weighted by Gasteiger charge is -2.14. The molecule has 0 aliphatic rings. The van der Waals surface area contributed by atoms with Crippen LogP contribution in [-0.2, 0) is 4.79 Å².